The fourth-order valence-corrected chi connectivity index (χ4v) is 2.86. The second-order valence-electron chi connectivity index (χ2n) is 7.25. The molecule has 2 heterocycles. The van der Waals surface area contributed by atoms with Crippen molar-refractivity contribution >= 4 is 11.9 Å². The van der Waals surface area contributed by atoms with Crippen molar-refractivity contribution in [1.82, 2.24) is 15.3 Å². The molecule has 0 aromatic carbocycles. The Kier molecular flexibility index (Phi) is 5.44. The molecule has 1 fully saturated rings. The van der Waals surface area contributed by atoms with Gasteiger partial charge in [0.05, 0.1) is 0 Å². The molecule has 0 aliphatic carbocycles. The molecule has 128 valence electrons. The number of amides is 1. The van der Waals surface area contributed by atoms with Crippen molar-refractivity contribution < 1.29 is 9.53 Å². The van der Waals surface area contributed by atoms with Crippen molar-refractivity contribution in [3.8, 4) is 0 Å². The molecule has 1 aromatic rings. The van der Waals surface area contributed by atoms with Crippen LogP contribution >= 0.6 is 0 Å². The van der Waals surface area contributed by atoms with Crippen LogP contribution in [0.1, 0.15) is 46.4 Å². The van der Waals surface area contributed by atoms with E-state index in [1.54, 1.807) is 6.20 Å². The van der Waals surface area contributed by atoms with Gasteiger partial charge in [0.25, 0.3) is 0 Å². The van der Waals surface area contributed by atoms with Crippen molar-refractivity contribution in [2.75, 3.05) is 18.0 Å². The van der Waals surface area contributed by atoms with Crippen LogP contribution in [0.2, 0.25) is 0 Å². The van der Waals surface area contributed by atoms with Crippen LogP contribution in [0.3, 0.4) is 0 Å². The number of nitrogens with one attached hydrogen (secondary N) is 1. The molecule has 0 radical (unpaired) electrons. The van der Waals surface area contributed by atoms with Crippen LogP contribution in [-0.4, -0.2) is 40.8 Å². The normalized spacial score (nSPS) is 20.0. The van der Waals surface area contributed by atoms with Crippen LogP contribution in [0.5, 0.6) is 0 Å². The first-order valence-electron chi connectivity index (χ1n) is 8.29. The Hall–Kier alpha value is -1.85. The molecule has 0 unspecified atom stereocenters. The zero-order chi connectivity index (χ0) is 17.0. The number of hydrogen-bond donors (Lipinski definition) is 1. The molecular formula is C17H28N4O2. The Balaban J connectivity index is 1.94. The maximum absolute atomic E-state index is 11.9. The van der Waals surface area contributed by atoms with Crippen LogP contribution in [0.4, 0.5) is 10.6 Å². The van der Waals surface area contributed by atoms with Crippen LogP contribution in [-0.2, 0) is 4.74 Å². The van der Waals surface area contributed by atoms with E-state index >= 15 is 0 Å². The number of rotatable bonds is 3. The third-order valence-corrected chi connectivity index (χ3v) is 3.99. The van der Waals surface area contributed by atoms with Gasteiger partial charge in [0, 0.05) is 25.3 Å². The zero-order valence-electron chi connectivity index (χ0n) is 14.8. The topological polar surface area (TPSA) is 67.4 Å². The zero-order valence-corrected chi connectivity index (χ0v) is 14.8. The Morgan fingerprint density at radius 2 is 2.22 bits per heavy atom. The van der Waals surface area contributed by atoms with Crippen molar-refractivity contribution in [3.05, 3.63) is 18.1 Å². The first-order valence-corrected chi connectivity index (χ1v) is 8.29. The number of anilines is 1. The van der Waals surface area contributed by atoms with E-state index in [0.29, 0.717) is 5.92 Å². The molecule has 6 heteroatoms. The number of hydrogen-bond acceptors (Lipinski definition) is 5. The van der Waals surface area contributed by atoms with Gasteiger partial charge < -0.3 is 15.0 Å². The summed E-state index contributed by atoms with van der Waals surface area (Å²) in [4.78, 5) is 22.9. The number of ether oxygens (including phenoxy) is 1. The maximum atomic E-state index is 11.9. The van der Waals surface area contributed by atoms with Crippen LogP contribution in [0.25, 0.3) is 0 Å². The Labute approximate surface area is 138 Å². The van der Waals surface area contributed by atoms with Gasteiger partial charge in [0.15, 0.2) is 0 Å². The van der Waals surface area contributed by atoms with Crippen LogP contribution in [0, 0.1) is 12.8 Å². The molecule has 23 heavy (non-hydrogen) atoms. The first kappa shape index (κ1) is 17.5. The third-order valence-electron chi connectivity index (χ3n) is 3.99. The van der Waals surface area contributed by atoms with Gasteiger partial charge in [-0.3, -0.25) is 0 Å². The predicted octanol–water partition coefficient (Wildman–Crippen LogP) is 2.91. The maximum Gasteiger partial charge on any atom is 0.407 e. The molecule has 2 atom stereocenters. The Bertz CT molecular complexity index is 542. The summed E-state index contributed by atoms with van der Waals surface area (Å²) in [7, 11) is 0. The predicted molar refractivity (Wildman–Crippen MR) is 90.5 cm³/mol. The Morgan fingerprint density at radius 3 is 2.87 bits per heavy atom. The number of carbonyl (C=O) groups is 1. The number of aryl methyl sites for hydroxylation is 1. The monoisotopic (exact) mass is 320 g/mol. The minimum atomic E-state index is -0.471. The molecule has 1 amide bonds. The van der Waals surface area contributed by atoms with Crippen LogP contribution in [0.15, 0.2) is 12.3 Å². The quantitative estimate of drug-likeness (QED) is 0.927. The highest BCUT2D eigenvalue weighted by atomic mass is 16.6. The molecule has 1 saturated heterocycles. The minimum absolute atomic E-state index is 0.0654. The van der Waals surface area contributed by atoms with Gasteiger partial charge in [0.2, 0.25) is 0 Å². The summed E-state index contributed by atoms with van der Waals surface area (Å²) in [6.07, 6.45) is 3.63. The number of nitrogens with zero attached hydrogens (tertiary/aromatic N) is 3. The average molecular weight is 320 g/mol. The minimum Gasteiger partial charge on any atom is -0.444 e. The Morgan fingerprint density at radius 1 is 1.48 bits per heavy atom. The summed E-state index contributed by atoms with van der Waals surface area (Å²) < 4.78 is 5.34. The number of carbonyl (C=O) groups excluding carboxylic acids is 1. The van der Waals surface area contributed by atoms with Gasteiger partial charge in [-0.25, -0.2) is 14.8 Å². The standard InChI is InChI=1S/C17H28N4O2/c1-12(19-16(22)23-17(3,4)5)14-7-6-10-21(11-14)15-8-9-18-13(2)20-15/h8-9,12,14H,6-7,10-11H2,1-5H3,(H,19,22)/t12-,14+/m1/s1. The molecule has 1 aliphatic rings. The molecule has 1 aliphatic heterocycles. The summed E-state index contributed by atoms with van der Waals surface area (Å²) in [5.41, 5.74) is -0.471. The lowest BCUT2D eigenvalue weighted by molar-refractivity contribution is 0.0489. The second kappa shape index (κ2) is 7.15. The molecule has 0 saturated carbocycles. The SMILES string of the molecule is Cc1nccc(N2CCC[C@H]([C@@H](C)NC(=O)OC(C)(C)C)C2)n1. The lowest BCUT2D eigenvalue weighted by atomic mass is 9.91. The molecular weight excluding hydrogens is 292 g/mol. The third kappa shape index (κ3) is 5.37. The molecule has 0 spiro atoms. The van der Waals surface area contributed by atoms with Crippen molar-refractivity contribution in [2.45, 2.75) is 59.1 Å². The van der Waals surface area contributed by atoms with Gasteiger partial charge in [-0.05, 0) is 59.4 Å². The molecule has 1 aromatic heterocycles. The molecule has 6 nitrogen and oxygen atoms in total. The van der Waals surface area contributed by atoms with Crippen molar-refractivity contribution in [1.29, 1.82) is 0 Å². The second-order valence-corrected chi connectivity index (χ2v) is 7.25. The number of alkyl carbamates (subject to hydrolysis) is 1. The summed E-state index contributed by atoms with van der Waals surface area (Å²) in [5.74, 6) is 2.13. The summed E-state index contributed by atoms with van der Waals surface area (Å²) >= 11 is 0. The first-order chi connectivity index (χ1) is 10.7. The molecule has 0 bridgehead atoms. The number of aromatic nitrogens is 2. The largest absolute Gasteiger partial charge is 0.444 e. The average Bonchev–Trinajstić information content (AvgIpc) is 2.45. The fourth-order valence-electron chi connectivity index (χ4n) is 2.86. The summed E-state index contributed by atoms with van der Waals surface area (Å²) in [6.45, 7) is 11.4. The summed E-state index contributed by atoms with van der Waals surface area (Å²) in [6, 6.07) is 2.01. The van der Waals surface area contributed by atoms with Gasteiger partial charge in [-0.1, -0.05) is 0 Å². The van der Waals surface area contributed by atoms with E-state index in [4.69, 9.17) is 4.74 Å². The summed E-state index contributed by atoms with van der Waals surface area (Å²) in [5, 5.41) is 2.97. The van der Waals surface area contributed by atoms with E-state index in [9.17, 15) is 4.79 Å². The van der Waals surface area contributed by atoms with Gasteiger partial charge >= 0.3 is 6.09 Å². The van der Waals surface area contributed by atoms with Crippen molar-refractivity contribution in [2.24, 2.45) is 5.92 Å². The highest BCUT2D eigenvalue weighted by molar-refractivity contribution is 5.68. The van der Waals surface area contributed by atoms with Crippen molar-refractivity contribution in [3.63, 3.8) is 0 Å². The van der Waals surface area contributed by atoms with Crippen LogP contribution < -0.4 is 10.2 Å². The molecule has 2 rings (SSSR count). The highest BCUT2D eigenvalue weighted by Gasteiger charge is 2.27. The van der Waals surface area contributed by atoms with Gasteiger partial charge in [-0.2, -0.15) is 0 Å². The number of piperidine rings is 1. The smallest absolute Gasteiger partial charge is 0.407 e. The fraction of sp³-hybridized carbons (Fsp3) is 0.706. The van der Waals surface area contributed by atoms with E-state index < -0.39 is 5.60 Å². The van der Waals surface area contributed by atoms with Gasteiger partial charge in [0.1, 0.15) is 17.2 Å². The molecule has 1 N–H and O–H groups in total. The van der Waals surface area contributed by atoms with E-state index in [1.165, 1.54) is 0 Å². The van der Waals surface area contributed by atoms with E-state index in [-0.39, 0.29) is 12.1 Å². The highest BCUT2D eigenvalue weighted by Crippen LogP contribution is 2.24. The van der Waals surface area contributed by atoms with E-state index in [2.05, 4.69) is 20.2 Å². The lowest BCUT2D eigenvalue weighted by Gasteiger charge is -2.36. The van der Waals surface area contributed by atoms with E-state index in [0.717, 1.165) is 37.6 Å². The lowest BCUT2D eigenvalue weighted by Crippen LogP contribution is -2.47. The van der Waals surface area contributed by atoms with Gasteiger partial charge in [-0.15, -0.1) is 0 Å². The van der Waals surface area contributed by atoms with E-state index in [1.807, 2.05) is 40.7 Å².